The van der Waals surface area contributed by atoms with Gasteiger partial charge in [0.25, 0.3) is 0 Å². The predicted molar refractivity (Wildman–Crippen MR) is 130 cm³/mol. The van der Waals surface area contributed by atoms with Gasteiger partial charge in [-0.3, -0.25) is 4.99 Å². The summed E-state index contributed by atoms with van der Waals surface area (Å²) < 4.78 is 0. The second-order valence-electron chi connectivity index (χ2n) is 9.16. The maximum atomic E-state index is 9.76. The number of hydrogen-bond donors (Lipinski definition) is 1. The third-order valence-electron chi connectivity index (χ3n) is 6.94. The van der Waals surface area contributed by atoms with Crippen molar-refractivity contribution in [1.82, 2.24) is 4.90 Å². The lowest BCUT2D eigenvalue weighted by Crippen LogP contribution is -2.37. The van der Waals surface area contributed by atoms with Gasteiger partial charge >= 0.3 is 0 Å². The summed E-state index contributed by atoms with van der Waals surface area (Å²) in [5.41, 5.74) is 7.98. The molecule has 31 heavy (non-hydrogen) atoms. The highest BCUT2D eigenvalue weighted by atomic mass is 16.3. The Bertz CT molecular complexity index is 938. The third-order valence-corrected chi connectivity index (χ3v) is 6.94. The molecule has 4 rings (SSSR count). The quantitative estimate of drug-likeness (QED) is 0.668. The fourth-order valence-corrected chi connectivity index (χ4v) is 4.83. The number of nitrogens with zero attached hydrogens (tertiary/aromatic N) is 2. The van der Waals surface area contributed by atoms with E-state index in [1.807, 2.05) is 0 Å². The SMILES string of the molecule is Cc1cccc(C(C2=CCCCC=N2)c2cccc(CCN3CCC(O)CC3)c2)c1C. The minimum absolute atomic E-state index is 0.105. The van der Waals surface area contributed by atoms with Crippen LogP contribution in [0.5, 0.6) is 0 Å². The van der Waals surface area contributed by atoms with Crippen molar-refractivity contribution >= 4 is 6.21 Å². The van der Waals surface area contributed by atoms with Crippen molar-refractivity contribution in [2.24, 2.45) is 4.99 Å². The molecule has 0 radical (unpaired) electrons. The molecule has 2 aromatic carbocycles. The summed E-state index contributed by atoms with van der Waals surface area (Å²) in [5.74, 6) is 0.180. The molecule has 1 atom stereocenters. The average molecular weight is 417 g/mol. The fraction of sp³-hybridized carbons (Fsp3) is 0.464. The van der Waals surface area contributed by atoms with Gasteiger partial charge in [-0.1, -0.05) is 48.5 Å². The Morgan fingerprint density at radius 3 is 2.71 bits per heavy atom. The van der Waals surface area contributed by atoms with Gasteiger partial charge in [0.15, 0.2) is 0 Å². The van der Waals surface area contributed by atoms with E-state index in [0.29, 0.717) is 0 Å². The summed E-state index contributed by atoms with van der Waals surface area (Å²) in [5, 5.41) is 9.76. The van der Waals surface area contributed by atoms with Crippen LogP contribution in [0, 0.1) is 13.8 Å². The summed E-state index contributed by atoms with van der Waals surface area (Å²) in [6.45, 7) is 7.52. The Hall–Kier alpha value is -2.23. The average Bonchev–Trinajstić information content (AvgIpc) is 3.06. The number of aliphatic hydroxyl groups is 1. The van der Waals surface area contributed by atoms with E-state index in [0.717, 1.165) is 51.7 Å². The van der Waals surface area contributed by atoms with Crippen LogP contribution in [0.1, 0.15) is 65.8 Å². The number of aryl methyl sites for hydroxylation is 1. The Labute approximate surface area is 187 Å². The molecule has 0 bridgehead atoms. The Morgan fingerprint density at radius 2 is 1.87 bits per heavy atom. The predicted octanol–water partition coefficient (Wildman–Crippen LogP) is 5.57. The van der Waals surface area contributed by atoms with Crippen molar-refractivity contribution in [3.63, 3.8) is 0 Å². The highest BCUT2D eigenvalue weighted by molar-refractivity contribution is 5.61. The van der Waals surface area contributed by atoms with Gasteiger partial charge in [0, 0.05) is 31.5 Å². The number of aliphatic hydroxyl groups excluding tert-OH is 1. The topological polar surface area (TPSA) is 35.8 Å². The van der Waals surface area contributed by atoms with Gasteiger partial charge in [-0.25, -0.2) is 0 Å². The molecule has 1 N–H and O–H groups in total. The van der Waals surface area contributed by atoms with Crippen LogP contribution in [-0.2, 0) is 6.42 Å². The normalized spacial score (nSPS) is 19.1. The number of hydrogen-bond acceptors (Lipinski definition) is 3. The lowest BCUT2D eigenvalue weighted by molar-refractivity contribution is 0.0832. The number of likely N-dealkylation sites (tertiary alicyclic amines) is 1. The van der Waals surface area contributed by atoms with Crippen LogP contribution in [0.25, 0.3) is 0 Å². The van der Waals surface area contributed by atoms with E-state index in [2.05, 4.69) is 73.5 Å². The zero-order valence-corrected chi connectivity index (χ0v) is 19.1. The summed E-state index contributed by atoms with van der Waals surface area (Å²) in [4.78, 5) is 7.39. The molecule has 1 unspecified atom stereocenters. The van der Waals surface area contributed by atoms with E-state index in [1.54, 1.807) is 0 Å². The third kappa shape index (κ3) is 5.53. The summed E-state index contributed by atoms with van der Waals surface area (Å²) >= 11 is 0. The molecule has 164 valence electrons. The van der Waals surface area contributed by atoms with E-state index in [1.165, 1.54) is 39.9 Å². The summed E-state index contributed by atoms with van der Waals surface area (Å²) in [6, 6.07) is 15.8. The molecule has 2 aliphatic rings. The number of piperidine rings is 1. The van der Waals surface area contributed by atoms with Crippen molar-refractivity contribution < 1.29 is 5.11 Å². The number of allylic oxidation sites excluding steroid dienone is 2. The van der Waals surface area contributed by atoms with E-state index in [-0.39, 0.29) is 12.0 Å². The van der Waals surface area contributed by atoms with Crippen molar-refractivity contribution in [2.75, 3.05) is 19.6 Å². The maximum Gasteiger partial charge on any atom is 0.0564 e. The highest BCUT2D eigenvalue weighted by Crippen LogP contribution is 2.36. The minimum Gasteiger partial charge on any atom is -0.393 e. The van der Waals surface area contributed by atoms with Gasteiger partial charge in [-0.2, -0.15) is 0 Å². The molecule has 1 fully saturated rings. The first-order valence-corrected chi connectivity index (χ1v) is 11.9. The molecular weight excluding hydrogens is 380 g/mol. The monoisotopic (exact) mass is 416 g/mol. The molecule has 2 heterocycles. The lowest BCUT2D eigenvalue weighted by Gasteiger charge is -2.29. The fourth-order valence-electron chi connectivity index (χ4n) is 4.83. The molecule has 2 aliphatic heterocycles. The van der Waals surface area contributed by atoms with Crippen LogP contribution in [0.4, 0.5) is 0 Å². The van der Waals surface area contributed by atoms with Gasteiger partial charge < -0.3 is 10.0 Å². The second kappa shape index (κ2) is 10.4. The molecule has 0 spiro atoms. The van der Waals surface area contributed by atoms with Crippen LogP contribution < -0.4 is 0 Å². The molecule has 1 saturated heterocycles. The highest BCUT2D eigenvalue weighted by Gasteiger charge is 2.22. The maximum absolute atomic E-state index is 9.76. The van der Waals surface area contributed by atoms with Gasteiger partial charge in [-0.05, 0) is 80.2 Å². The Morgan fingerprint density at radius 1 is 1.06 bits per heavy atom. The number of rotatable bonds is 6. The smallest absolute Gasteiger partial charge is 0.0564 e. The van der Waals surface area contributed by atoms with E-state index >= 15 is 0 Å². The molecule has 3 heteroatoms. The molecule has 0 amide bonds. The zero-order chi connectivity index (χ0) is 21.6. The van der Waals surface area contributed by atoms with Crippen molar-refractivity contribution in [3.8, 4) is 0 Å². The summed E-state index contributed by atoms with van der Waals surface area (Å²) in [7, 11) is 0. The van der Waals surface area contributed by atoms with Crippen molar-refractivity contribution in [2.45, 2.75) is 64.4 Å². The van der Waals surface area contributed by atoms with Gasteiger partial charge in [0.2, 0.25) is 0 Å². The second-order valence-corrected chi connectivity index (χ2v) is 9.16. The Balaban J connectivity index is 1.61. The standard InChI is InChI=1S/C28H36N2O/c1-21-8-6-11-26(22(21)2)28(27-12-4-3-5-16-29-27)24-10-7-9-23(20-24)13-17-30-18-14-25(31)15-19-30/h6-12,16,20,25,28,31H,3-5,13-15,17-19H2,1-2H3. The zero-order valence-electron chi connectivity index (χ0n) is 19.1. The first kappa shape index (κ1) is 22.0. The first-order chi connectivity index (χ1) is 15.1. The minimum atomic E-state index is -0.105. The van der Waals surface area contributed by atoms with Crippen LogP contribution in [0.3, 0.4) is 0 Å². The van der Waals surface area contributed by atoms with E-state index in [9.17, 15) is 5.11 Å². The van der Waals surface area contributed by atoms with E-state index in [4.69, 9.17) is 4.99 Å². The van der Waals surface area contributed by atoms with Crippen LogP contribution in [0.15, 0.2) is 59.2 Å². The lowest BCUT2D eigenvalue weighted by atomic mass is 9.83. The molecular formula is C28H36N2O. The summed E-state index contributed by atoms with van der Waals surface area (Å²) in [6.07, 6.45) is 10.5. The number of aliphatic imine (C=N–C) groups is 1. The van der Waals surface area contributed by atoms with Crippen molar-refractivity contribution in [3.05, 3.63) is 82.1 Å². The largest absolute Gasteiger partial charge is 0.393 e. The molecule has 0 saturated carbocycles. The number of benzene rings is 2. The van der Waals surface area contributed by atoms with Gasteiger partial charge in [0.05, 0.1) is 12.0 Å². The first-order valence-electron chi connectivity index (χ1n) is 11.9. The van der Waals surface area contributed by atoms with Crippen LogP contribution in [0.2, 0.25) is 0 Å². The Kier molecular flexibility index (Phi) is 7.37. The van der Waals surface area contributed by atoms with Crippen LogP contribution >= 0.6 is 0 Å². The van der Waals surface area contributed by atoms with Gasteiger partial charge in [-0.15, -0.1) is 0 Å². The van der Waals surface area contributed by atoms with Crippen LogP contribution in [-0.4, -0.2) is 42.0 Å². The molecule has 0 aromatic heterocycles. The van der Waals surface area contributed by atoms with Gasteiger partial charge in [0.1, 0.15) is 0 Å². The molecule has 2 aromatic rings. The van der Waals surface area contributed by atoms with Crippen molar-refractivity contribution in [1.29, 1.82) is 0 Å². The van der Waals surface area contributed by atoms with E-state index < -0.39 is 0 Å². The molecule has 3 nitrogen and oxygen atoms in total. The molecule has 0 aliphatic carbocycles.